The van der Waals surface area contributed by atoms with E-state index in [0.29, 0.717) is 0 Å². The largest absolute Gasteiger partial charge is 0.451 e. The second-order valence-corrected chi connectivity index (χ2v) is 4.58. The second kappa shape index (κ2) is 6.06. The Balaban J connectivity index is 4.65. The number of esters is 1. The molecule has 0 aliphatic rings. The van der Waals surface area contributed by atoms with Gasteiger partial charge in [0.05, 0.1) is 0 Å². The normalized spacial score (nSPS) is 10.4. The van der Waals surface area contributed by atoms with Crippen molar-refractivity contribution in [3.63, 3.8) is 0 Å². The van der Waals surface area contributed by atoms with Crippen molar-refractivity contribution < 1.29 is 23.9 Å². The molecule has 0 atom stereocenters. The molecule has 0 aliphatic carbocycles. The summed E-state index contributed by atoms with van der Waals surface area (Å²) in [5, 5.41) is 0. The first-order valence-electron chi connectivity index (χ1n) is 5.15. The molecule has 0 radical (unpaired) electrons. The molecule has 0 amide bonds. The van der Waals surface area contributed by atoms with Crippen molar-refractivity contribution in [1.29, 1.82) is 0 Å². The van der Waals surface area contributed by atoms with Crippen molar-refractivity contribution in [3.8, 4) is 0 Å². The lowest BCUT2D eigenvalue weighted by Gasteiger charge is -2.17. The van der Waals surface area contributed by atoms with Crippen LogP contribution in [0, 0.1) is 0 Å². The predicted molar refractivity (Wildman–Crippen MR) is 59.4 cm³/mol. The molecule has 0 aromatic carbocycles. The van der Waals surface area contributed by atoms with Crippen molar-refractivity contribution in [2.75, 3.05) is 0 Å². The molecular formula is C11H16N2O4. The van der Waals surface area contributed by atoms with E-state index in [1.807, 2.05) is 0 Å². The third-order valence-electron chi connectivity index (χ3n) is 1.66. The summed E-state index contributed by atoms with van der Waals surface area (Å²) in [4.78, 5) is 36.2. The van der Waals surface area contributed by atoms with Crippen molar-refractivity contribution >= 4 is 23.2 Å². The van der Waals surface area contributed by atoms with Gasteiger partial charge in [-0.15, -0.1) is 0 Å². The standard InChI is InChI=1S/C11H16N2O4/c1-7(14)5-6-8(15)9(13-12)10(16)17-11(2,3)4/h5-6H2,1-4H3. The van der Waals surface area contributed by atoms with Gasteiger partial charge in [0.2, 0.25) is 0 Å². The highest BCUT2D eigenvalue weighted by atomic mass is 16.6. The highest BCUT2D eigenvalue weighted by Gasteiger charge is 2.33. The molecular weight excluding hydrogens is 224 g/mol. The third-order valence-corrected chi connectivity index (χ3v) is 1.66. The average Bonchev–Trinajstić information content (AvgIpc) is 2.12. The number of Topliss-reactive ketones (excluding diaryl/α,β-unsaturated/α-hetero) is 2. The van der Waals surface area contributed by atoms with E-state index in [-0.39, 0.29) is 18.6 Å². The lowest BCUT2D eigenvalue weighted by molar-refractivity contribution is -0.152. The number of nitrogens with zero attached hydrogens (tertiary/aromatic N) is 2. The van der Waals surface area contributed by atoms with Crippen LogP contribution in [0.1, 0.15) is 40.5 Å². The second-order valence-electron chi connectivity index (χ2n) is 4.58. The maximum atomic E-state index is 11.5. The zero-order chi connectivity index (χ0) is 13.6. The zero-order valence-electron chi connectivity index (χ0n) is 10.4. The summed E-state index contributed by atoms with van der Waals surface area (Å²) < 4.78 is 4.88. The molecule has 0 N–H and O–H groups in total. The van der Waals surface area contributed by atoms with Gasteiger partial charge in [0, 0.05) is 12.8 Å². The number of hydrogen-bond acceptors (Lipinski definition) is 4. The fourth-order valence-electron chi connectivity index (χ4n) is 0.945. The summed E-state index contributed by atoms with van der Waals surface area (Å²) in [6.45, 7) is 6.20. The monoisotopic (exact) mass is 240 g/mol. The number of ketones is 2. The van der Waals surface area contributed by atoms with Gasteiger partial charge in [-0.05, 0) is 27.7 Å². The Bertz CT molecular complexity index is 387. The molecule has 0 rings (SSSR count). The number of rotatable bonds is 5. The summed E-state index contributed by atoms with van der Waals surface area (Å²) in [5.74, 6) is -1.88. The smallest absolute Gasteiger partial charge is 0.441 e. The lowest BCUT2D eigenvalue weighted by atomic mass is 10.1. The fraction of sp³-hybridized carbons (Fsp3) is 0.636. The van der Waals surface area contributed by atoms with Crippen LogP contribution in [0.25, 0.3) is 5.53 Å². The van der Waals surface area contributed by atoms with Gasteiger partial charge in [-0.25, -0.2) is 4.79 Å². The van der Waals surface area contributed by atoms with E-state index >= 15 is 0 Å². The van der Waals surface area contributed by atoms with Crippen molar-refractivity contribution in [3.05, 3.63) is 5.53 Å². The SMILES string of the molecule is CC(=O)CCC(=O)C(=[N+]=[N-])C(=O)OC(C)(C)C. The summed E-state index contributed by atoms with van der Waals surface area (Å²) in [6, 6.07) is 0. The quantitative estimate of drug-likeness (QED) is 0.235. The first-order chi connectivity index (χ1) is 7.67. The Kier molecular flexibility index (Phi) is 5.41. The molecule has 0 aliphatic heterocycles. The van der Waals surface area contributed by atoms with Crippen LogP contribution >= 0.6 is 0 Å². The van der Waals surface area contributed by atoms with Crippen molar-refractivity contribution in [2.24, 2.45) is 0 Å². The minimum atomic E-state index is -0.992. The molecule has 0 saturated carbocycles. The van der Waals surface area contributed by atoms with Gasteiger partial charge in [0.1, 0.15) is 11.4 Å². The van der Waals surface area contributed by atoms with Crippen LogP contribution in [0.4, 0.5) is 0 Å². The minimum Gasteiger partial charge on any atom is -0.451 e. The first-order valence-corrected chi connectivity index (χ1v) is 5.15. The molecule has 0 heterocycles. The van der Waals surface area contributed by atoms with E-state index in [2.05, 4.69) is 4.79 Å². The summed E-state index contributed by atoms with van der Waals surface area (Å²) in [6.07, 6.45) is -0.172. The molecule has 0 aromatic heterocycles. The minimum absolute atomic E-state index is 0.000646. The molecule has 0 aromatic rings. The molecule has 0 spiro atoms. The predicted octanol–water partition coefficient (Wildman–Crippen LogP) is 0.937. The average molecular weight is 240 g/mol. The van der Waals surface area contributed by atoms with E-state index in [1.165, 1.54) is 6.92 Å². The number of ether oxygens (including phenoxy) is 1. The molecule has 6 nitrogen and oxygen atoms in total. The maximum absolute atomic E-state index is 11.5. The number of carbonyl (C=O) groups excluding carboxylic acids is 3. The van der Waals surface area contributed by atoms with Gasteiger partial charge in [-0.1, -0.05) is 0 Å². The fourth-order valence-corrected chi connectivity index (χ4v) is 0.945. The van der Waals surface area contributed by atoms with E-state index in [1.54, 1.807) is 20.8 Å². The zero-order valence-corrected chi connectivity index (χ0v) is 10.4. The molecule has 94 valence electrons. The summed E-state index contributed by atoms with van der Waals surface area (Å²) >= 11 is 0. The Hall–Kier alpha value is -1.81. The first kappa shape index (κ1) is 15.2. The van der Waals surface area contributed by atoms with E-state index in [9.17, 15) is 14.4 Å². The Morgan fingerprint density at radius 3 is 2.06 bits per heavy atom. The van der Waals surface area contributed by atoms with Crippen LogP contribution in [0.2, 0.25) is 0 Å². The van der Waals surface area contributed by atoms with Gasteiger partial charge in [0.25, 0.3) is 5.78 Å². The highest BCUT2D eigenvalue weighted by molar-refractivity contribution is 6.62. The molecule has 0 saturated heterocycles. The van der Waals surface area contributed by atoms with Gasteiger partial charge in [0.15, 0.2) is 0 Å². The Morgan fingerprint density at radius 1 is 1.18 bits per heavy atom. The Morgan fingerprint density at radius 2 is 1.71 bits per heavy atom. The van der Waals surface area contributed by atoms with Gasteiger partial charge >= 0.3 is 11.7 Å². The van der Waals surface area contributed by atoms with E-state index in [4.69, 9.17) is 10.3 Å². The third kappa shape index (κ3) is 6.37. The maximum Gasteiger partial charge on any atom is 0.441 e. The number of hydrogen-bond donors (Lipinski definition) is 0. The lowest BCUT2D eigenvalue weighted by Crippen LogP contribution is -2.33. The van der Waals surface area contributed by atoms with Crippen LogP contribution in [0.15, 0.2) is 0 Å². The Labute approximate surface area is 99.6 Å². The van der Waals surface area contributed by atoms with Crippen LogP contribution in [-0.4, -0.2) is 33.6 Å². The van der Waals surface area contributed by atoms with Crippen molar-refractivity contribution in [1.82, 2.24) is 0 Å². The van der Waals surface area contributed by atoms with E-state index in [0.717, 1.165) is 0 Å². The highest BCUT2D eigenvalue weighted by Crippen LogP contribution is 2.08. The molecule has 0 unspecified atom stereocenters. The molecule has 6 heteroatoms. The van der Waals surface area contributed by atoms with Gasteiger partial charge in [-0.2, -0.15) is 4.79 Å². The molecule has 0 bridgehead atoms. The topological polar surface area (TPSA) is 96.8 Å². The van der Waals surface area contributed by atoms with Crippen LogP contribution < -0.4 is 0 Å². The van der Waals surface area contributed by atoms with Crippen LogP contribution in [-0.2, 0) is 19.1 Å². The van der Waals surface area contributed by atoms with E-state index < -0.39 is 23.1 Å². The number of carbonyl (C=O) groups is 3. The summed E-state index contributed by atoms with van der Waals surface area (Å²) in [5.41, 5.74) is 7.15. The molecule has 17 heavy (non-hydrogen) atoms. The van der Waals surface area contributed by atoms with Gasteiger partial charge in [-0.3, -0.25) is 4.79 Å². The van der Waals surface area contributed by atoms with Gasteiger partial charge < -0.3 is 15.1 Å². The van der Waals surface area contributed by atoms with Crippen LogP contribution in [0.5, 0.6) is 0 Å². The van der Waals surface area contributed by atoms with Crippen LogP contribution in [0.3, 0.4) is 0 Å². The van der Waals surface area contributed by atoms with Crippen molar-refractivity contribution in [2.45, 2.75) is 46.1 Å². The molecule has 0 fully saturated rings. The summed E-state index contributed by atoms with van der Waals surface area (Å²) in [7, 11) is 0.